The maximum atomic E-state index is 14.1. The monoisotopic (exact) mass is 629 g/mol. The average molecular weight is 631 g/mol. The first-order valence-electron chi connectivity index (χ1n) is 13.0. The molecule has 1 atom stereocenters. The topological polar surface area (TPSA) is 105 Å². The zero-order valence-electron chi connectivity index (χ0n) is 22.4. The molecular weight excluding hydrogens is 598 g/mol. The number of benzene rings is 3. The molecule has 3 aromatic rings. The number of sulfonamides is 1. The van der Waals surface area contributed by atoms with Gasteiger partial charge in [-0.2, -0.15) is 0 Å². The number of fused-ring (bicyclic) bond motifs is 1. The highest BCUT2D eigenvalue weighted by Gasteiger charge is 2.34. The van der Waals surface area contributed by atoms with E-state index in [1.165, 1.54) is 11.8 Å². The van der Waals surface area contributed by atoms with Gasteiger partial charge in [0, 0.05) is 30.0 Å². The maximum Gasteiger partial charge on any atom is 0.244 e. The van der Waals surface area contributed by atoms with Crippen molar-refractivity contribution in [2.45, 2.75) is 32.9 Å². The number of carbonyl (C=O) groups excluding carboxylic acids is 2. The van der Waals surface area contributed by atoms with Crippen LogP contribution in [0, 0.1) is 0 Å². The molecule has 3 aromatic carbocycles. The van der Waals surface area contributed by atoms with E-state index < -0.39 is 28.5 Å². The zero-order chi connectivity index (χ0) is 28.7. The fraction of sp³-hybridized carbons (Fsp3) is 0.310. The lowest BCUT2D eigenvalue weighted by Gasteiger charge is -2.33. The predicted octanol–water partition coefficient (Wildman–Crippen LogP) is 4.11. The summed E-state index contributed by atoms with van der Waals surface area (Å²) in [4.78, 5) is 29.0. The highest BCUT2D eigenvalue weighted by Crippen LogP contribution is 2.36. The second-order valence-corrected chi connectivity index (χ2v) is 12.3. The fourth-order valence-corrected chi connectivity index (χ4v) is 5.71. The molecule has 0 spiro atoms. The fourth-order valence-electron chi connectivity index (χ4n) is 4.39. The van der Waals surface area contributed by atoms with E-state index in [1.54, 1.807) is 18.2 Å². The Morgan fingerprint density at radius 1 is 0.950 bits per heavy atom. The van der Waals surface area contributed by atoms with Crippen LogP contribution in [-0.2, 0) is 32.6 Å². The molecule has 40 heavy (non-hydrogen) atoms. The predicted molar refractivity (Wildman–Crippen MR) is 157 cm³/mol. The molecule has 0 bridgehead atoms. The lowest BCUT2D eigenvalue weighted by atomic mass is 10.0. The van der Waals surface area contributed by atoms with Crippen molar-refractivity contribution < 1.29 is 27.5 Å². The number of hydrogen-bond acceptors (Lipinski definition) is 6. The van der Waals surface area contributed by atoms with Gasteiger partial charge < -0.3 is 19.7 Å². The van der Waals surface area contributed by atoms with Crippen LogP contribution in [0.1, 0.15) is 25.0 Å². The minimum absolute atomic E-state index is 0.0346. The van der Waals surface area contributed by atoms with Gasteiger partial charge in [0.05, 0.1) is 11.4 Å². The molecule has 0 saturated heterocycles. The Morgan fingerprint density at radius 3 is 2.33 bits per heavy atom. The van der Waals surface area contributed by atoms with Crippen molar-refractivity contribution in [3.8, 4) is 11.5 Å². The molecular formula is C29H32BrN3O6S. The van der Waals surface area contributed by atoms with Crippen LogP contribution in [0.15, 0.2) is 77.3 Å². The van der Waals surface area contributed by atoms with Gasteiger partial charge in [-0.05, 0) is 49.2 Å². The van der Waals surface area contributed by atoms with Crippen molar-refractivity contribution in [1.29, 1.82) is 0 Å². The molecule has 0 unspecified atom stereocenters. The number of nitrogens with one attached hydrogen (secondary N) is 1. The van der Waals surface area contributed by atoms with Crippen LogP contribution >= 0.6 is 15.9 Å². The molecule has 0 radical (unpaired) electrons. The number of likely N-dealkylation sites (N-methyl/N-ethyl adjacent to an activating group) is 1. The second-order valence-electron chi connectivity index (χ2n) is 9.19. The molecule has 0 aliphatic carbocycles. The van der Waals surface area contributed by atoms with Crippen molar-refractivity contribution in [1.82, 2.24) is 10.2 Å². The Morgan fingerprint density at radius 2 is 1.65 bits per heavy atom. The largest absolute Gasteiger partial charge is 0.454 e. The number of halogens is 1. The first-order chi connectivity index (χ1) is 19.2. The molecule has 1 aliphatic heterocycles. The number of hydrogen-bond donors (Lipinski definition) is 1. The SMILES string of the molecule is CCNC(=O)[C@H](Cc1ccccc1)N(Cc1ccc(Br)cc1)C(=O)CN(c1ccc2c(c1)OCO2)S(=O)(=O)CC. The highest BCUT2D eigenvalue weighted by atomic mass is 79.9. The van der Waals surface area contributed by atoms with Gasteiger partial charge in [-0.15, -0.1) is 0 Å². The molecule has 1 N–H and O–H groups in total. The maximum absolute atomic E-state index is 14.1. The van der Waals surface area contributed by atoms with Gasteiger partial charge in [0.2, 0.25) is 28.6 Å². The van der Waals surface area contributed by atoms with Crippen LogP contribution in [0.5, 0.6) is 11.5 Å². The standard InChI is InChI=1S/C29H32BrN3O6S/c1-3-31-29(35)25(16-21-8-6-5-7-9-21)32(18-22-10-12-23(30)13-11-22)28(34)19-33(40(36,37)4-2)24-14-15-26-27(17-24)39-20-38-26/h5-15,17,25H,3-4,16,18-20H2,1-2H3,(H,31,35)/t25-/m0/s1. The van der Waals surface area contributed by atoms with Crippen LogP contribution < -0.4 is 19.1 Å². The Bertz CT molecular complexity index is 1430. The molecule has 2 amide bonds. The Kier molecular flexibility index (Phi) is 9.70. The highest BCUT2D eigenvalue weighted by molar-refractivity contribution is 9.10. The summed E-state index contributed by atoms with van der Waals surface area (Å²) in [6, 6.07) is 20.7. The van der Waals surface area contributed by atoms with Gasteiger partial charge >= 0.3 is 0 Å². The van der Waals surface area contributed by atoms with E-state index in [2.05, 4.69) is 21.2 Å². The van der Waals surface area contributed by atoms with E-state index in [0.717, 1.165) is 19.9 Å². The number of amides is 2. The zero-order valence-corrected chi connectivity index (χ0v) is 24.8. The van der Waals surface area contributed by atoms with Gasteiger partial charge in [-0.1, -0.05) is 58.4 Å². The summed E-state index contributed by atoms with van der Waals surface area (Å²) in [6.45, 7) is 3.38. The van der Waals surface area contributed by atoms with Gasteiger partial charge in [-0.25, -0.2) is 8.42 Å². The van der Waals surface area contributed by atoms with Gasteiger partial charge in [-0.3, -0.25) is 13.9 Å². The van der Waals surface area contributed by atoms with Crippen LogP contribution in [0.25, 0.3) is 0 Å². The van der Waals surface area contributed by atoms with E-state index in [0.29, 0.717) is 18.0 Å². The molecule has 212 valence electrons. The summed E-state index contributed by atoms with van der Waals surface area (Å²) >= 11 is 3.43. The molecule has 1 aliphatic rings. The molecule has 9 nitrogen and oxygen atoms in total. The van der Waals surface area contributed by atoms with E-state index in [4.69, 9.17) is 9.47 Å². The van der Waals surface area contributed by atoms with E-state index in [9.17, 15) is 18.0 Å². The molecule has 0 fully saturated rings. The van der Waals surface area contributed by atoms with Crippen molar-refractivity contribution in [2.24, 2.45) is 0 Å². The van der Waals surface area contributed by atoms with Crippen molar-refractivity contribution in [2.75, 3.05) is 29.9 Å². The number of anilines is 1. The molecule has 11 heteroatoms. The number of carbonyl (C=O) groups is 2. The summed E-state index contributed by atoms with van der Waals surface area (Å²) in [7, 11) is -3.87. The lowest BCUT2D eigenvalue weighted by Crippen LogP contribution is -2.53. The molecule has 0 aromatic heterocycles. The van der Waals surface area contributed by atoms with E-state index in [1.807, 2.05) is 61.5 Å². The van der Waals surface area contributed by atoms with Gasteiger partial charge in [0.15, 0.2) is 11.5 Å². The summed E-state index contributed by atoms with van der Waals surface area (Å²) < 4.78 is 39.3. The number of nitrogens with zero attached hydrogens (tertiary/aromatic N) is 2. The number of rotatable bonds is 12. The number of ether oxygens (including phenoxy) is 2. The van der Waals surface area contributed by atoms with Crippen LogP contribution in [0.4, 0.5) is 5.69 Å². The molecule has 0 saturated carbocycles. The first kappa shape index (κ1) is 29.4. The van der Waals surface area contributed by atoms with Gasteiger partial charge in [0.1, 0.15) is 12.6 Å². The first-order valence-corrected chi connectivity index (χ1v) is 15.4. The normalized spacial score (nSPS) is 13.0. The summed E-state index contributed by atoms with van der Waals surface area (Å²) in [6.07, 6.45) is 0.263. The van der Waals surface area contributed by atoms with Gasteiger partial charge in [0.25, 0.3) is 0 Å². The third kappa shape index (κ3) is 7.14. The Balaban J connectivity index is 1.73. The molecule has 1 heterocycles. The van der Waals surface area contributed by atoms with Crippen molar-refractivity contribution in [3.63, 3.8) is 0 Å². The van der Waals surface area contributed by atoms with Crippen LogP contribution in [0.3, 0.4) is 0 Å². The minimum atomic E-state index is -3.87. The smallest absolute Gasteiger partial charge is 0.244 e. The Hall–Kier alpha value is -3.57. The third-order valence-electron chi connectivity index (χ3n) is 6.51. The minimum Gasteiger partial charge on any atom is -0.454 e. The van der Waals surface area contributed by atoms with Crippen molar-refractivity contribution in [3.05, 3.63) is 88.4 Å². The third-order valence-corrected chi connectivity index (χ3v) is 8.78. The lowest BCUT2D eigenvalue weighted by molar-refractivity contribution is -0.140. The summed E-state index contributed by atoms with van der Waals surface area (Å²) in [5.74, 6) is -0.141. The van der Waals surface area contributed by atoms with E-state index in [-0.39, 0.29) is 37.1 Å². The van der Waals surface area contributed by atoms with Crippen LogP contribution in [0.2, 0.25) is 0 Å². The molecule has 4 rings (SSSR count). The quantitative estimate of drug-likeness (QED) is 0.323. The van der Waals surface area contributed by atoms with Crippen molar-refractivity contribution >= 4 is 43.5 Å². The van der Waals surface area contributed by atoms with Crippen LogP contribution in [-0.4, -0.2) is 56.8 Å². The summed E-state index contributed by atoms with van der Waals surface area (Å²) in [5.41, 5.74) is 1.95. The summed E-state index contributed by atoms with van der Waals surface area (Å²) in [5, 5.41) is 2.85. The average Bonchev–Trinajstić information content (AvgIpc) is 3.43. The Labute approximate surface area is 243 Å². The van der Waals surface area contributed by atoms with E-state index >= 15 is 0 Å². The second kappa shape index (κ2) is 13.2.